The van der Waals surface area contributed by atoms with Crippen LogP contribution in [0.3, 0.4) is 0 Å². The Bertz CT molecular complexity index is 684. The van der Waals surface area contributed by atoms with Crippen LogP contribution in [0.2, 0.25) is 0 Å². The molecule has 0 bridgehead atoms. The van der Waals surface area contributed by atoms with Crippen LogP contribution < -0.4 is 0 Å². The van der Waals surface area contributed by atoms with Gasteiger partial charge < -0.3 is 9.47 Å². The summed E-state index contributed by atoms with van der Waals surface area (Å²) in [5.74, 6) is 2.95. The SMILES string of the molecule is CC(=O)O[C@H]1CC[C@@]2(C)[C@@H](CC=C3[C@@H]2CC[C@]2(C)[C@@H]([C@H](C)COC=O)CC[C@@H]32)C1. The van der Waals surface area contributed by atoms with E-state index in [4.69, 9.17) is 9.47 Å². The second kappa shape index (κ2) is 7.74. The molecule has 3 saturated carbocycles. The van der Waals surface area contributed by atoms with Gasteiger partial charge in [-0.15, -0.1) is 0 Å². The smallest absolute Gasteiger partial charge is 0.302 e. The summed E-state index contributed by atoms with van der Waals surface area (Å²) in [4.78, 5) is 22.1. The summed E-state index contributed by atoms with van der Waals surface area (Å²) in [5, 5.41) is 0. The highest BCUT2D eigenvalue weighted by Crippen LogP contribution is 2.66. The van der Waals surface area contributed by atoms with E-state index in [9.17, 15) is 9.59 Å². The van der Waals surface area contributed by atoms with Crippen molar-refractivity contribution in [2.75, 3.05) is 6.61 Å². The largest absolute Gasteiger partial charge is 0.468 e. The van der Waals surface area contributed by atoms with Crippen LogP contribution in [-0.2, 0) is 19.1 Å². The molecule has 0 aliphatic heterocycles. The Morgan fingerprint density at radius 2 is 1.90 bits per heavy atom. The Morgan fingerprint density at radius 3 is 2.62 bits per heavy atom. The Morgan fingerprint density at radius 1 is 1.17 bits per heavy atom. The van der Waals surface area contributed by atoms with Crippen LogP contribution in [0, 0.1) is 40.4 Å². The average Bonchev–Trinajstić information content (AvgIpc) is 3.03. The average molecular weight is 403 g/mol. The maximum atomic E-state index is 11.4. The van der Waals surface area contributed by atoms with E-state index in [-0.39, 0.29) is 12.1 Å². The van der Waals surface area contributed by atoms with Gasteiger partial charge in [0.15, 0.2) is 0 Å². The van der Waals surface area contributed by atoms with Crippen molar-refractivity contribution in [1.29, 1.82) is 0 Å². The summed E-state index contributed by atoms with van der Waals surface area (Å²) < 4.78 is 10.7. The van der Waals surface area contributed by atoms with Crippen molar-refractivity contribution in [2.24, 2.45) is 40.4 Å². The van der Waals surface area contributed by atoms with Gasteiger partial charge in [-0.25, -0.2) is 0 Å². The highest BCUT2D eigenvalue weighted by molar-refractivity contribution is 5.66. The van der Waals surface area contributed by atoms with Crippen LogP contribution in [0.4, 0.5) is 0 Å². The first kappa shape index (κ1) is 20.9. The summed E-state index contributed by atoms with van der Waals surface area (Å²) in [5.41, 5.74) is 2.44. The van der Waals surface area contributed by atoms with Crippen LogP contribution in [0.25, 0.3) is 0 Å². The van der Waals surface area contributed by atoms with Crippen molar-refractivity contribution in [1.82, 2.24) is 0 Å². The van der Waals surface area contributed by atoms with Crippen molar-refractivity contribution in [3.05, 3.63) is 11.6 Å². The fourth-order valence-electron chi connectivity index (χ4n) is 8.10. The van der Waals surface area contributed by atoms with Gasteiger partial charge in [-0.05, 0) is 91.8 Å². The zero-order chi connectivity index (χ0) is 20.8. The van der Waals surface area contributed by atoms with Crippen LogP contribution in [0.1, 0.15) is 79.1 Å². The molecule has 0 N–H and O–H groups in total. The maximum Gasteiger partial charge on any atom is 0.302 e. The van der Waals surface area contributed by atoms with Gasteiger partial charge >= 0.3 is 5.97 Å². The van der Waals surface area contributed by atoms with Crippen LogP contribution in [0.15, 0.2) is 11.6 Å². The standard InChI is InChI=1S/C25H38O4/c1-16(14-28-15-26)21-7-8-22-20-6-5-18-13-19(29-17(2)27)9-11-24(18,3)23(20)10-12-25(21,22)4/h6,15-16,18-19,21-23H,5,7-14H2,1-4H3/t16-,18+,19+,21-,22+,23+,24+,25-/m1/s1. The van der Waals surface area contributed by atoms with Gasteiger partial charge in [0, 0.05) is 6.92 Å². The lowest BCUT2D eigenvalue weighted by Crippen LogP contribution is -2.50. The highest BCUT2D eigenvalue weighted by atomic mass is 16.5. The first-order valence-electron chi connectivity index (χ1n) is 11.7. The molecule has 0 spiro atoms. The summed E-state index contributed by atoms with van der Waals surface area (Å²) in [6.07, 6.45) is 12.2. The van der Waals surface area contributed by atoms with E-state index in [0.717, 1.165) is 19.3 Å². The molecule has 0 radical (unpaired) electrons. The minimum absolute atomic E-state index is 0.115. The number of esters is 1. The van der Waals surface area contributed by atoms with Gasteiger partial charge in [0.2, 0.25) is 0 Å². The lowest BCUT2D eigenvalue weighted by Gasteiger charge is -2.58. The van der Waals surface area contributed by atoms with Gasteiger partial charge in [0.25, 0.3) is 6.47 Å². The molecule has 8 atom stereocenters. The number of carbonyl (C=O) groups is 2. The molecule has 0 aromatic heterocycles. The quantitative estimate of drug-likeness (QED) is 0.355. The topological polar surface area (TPSA) is 52.6 Å². The predicted octanol–water partition coefficient (Wildman–Crippen LogP) is 5.31. The Kier molecular flexibility index (Phi) is 5.59. The molecule has 4 nitrogen and oxygen atoms in total. The number of allylic oxidation sites excluding steroid dienone is 2. The second-order valence-electron chi connectivity index (χ2n) is 10.9. The van der Waals surface area contributed by atoms with Crippen LogP contribution in [0.5, 0.6) is 0 Å². The summed E-state index contributed by atoms with van der Waals surface area (Å²) in [6.45, 7) is 9.98. The molecule has 4 aliphatic rings. The van der Waals surface area contributed by atoms with E-state index in [1.54, 1.807) is 5.57 Å². The third-order valence-electron chi connectivity index (χ3n) is 9.55. The predicted molar refractivity (Wildman–Crippen MR) is 112 cm³/mol. The molecule has 0 aromatic rings. The zero-order valence-corrected chi connectivity index (χ0v) is 18.6. The van der Waals surface area contributed by atoms with Crippen molar-refractivity contribution >= 4 is 12.4 Å². The fraction of sp³-hybridized carbons (Fsp3) is 0.840. The van der Waals surface area contributed by atoms with Crippen LogP contribution >= 0.6 is 0 Å². The molecule has 3 fully saturated rings. The maximum absolute atomic E-state index is 11.4. The molecular formula is C25H38O4. The fourth-order valence-corrected chi connectivity index (χ4v) is 8.10. The zero-order valence-electron chi connectivity index (χ0n) is 18.6. The number of hydrogen-bond donors (Lipinski definition) is 0. The summed E-state index contributed by atoms with van der Waals surface area (Å²) >= 11 is 0. The Hall–Kier alpha value is -1.32. The summed E-state index contributed by atoms with van der Waals surface area (Å²) in [6, 6.07) is 0. The lowest BCUT2D eigenvalue weighted by molar-refractivity contribution is -0.152. The third kappa shape index (κ3) is 3.45. The van der Waals surface area contributed by atoms with E-state index < -0.39 is 0 Å². The van der Waals surface area contributed by atoms with Crippen LogP contribution in [-0.4, -0.2) is 25.2 Å². The Balaban J connectivity index is 1.53. The molecular weight excluding hydrogens is 364 g/mol. The summed E-state index contributed by atoms with van der Waals surface area (Å²) in [7, 11) is 0. The third-order valence-corrected chi connectivity index (χ3v) is 9.55. The number of ether oxygens (including phenoxy) is 2. The van der Waals surface area contributed by atoms with E-state index >= 15 is 0 Å². The molecule has 162 valence electrons. The molecule has 4 rings (SSSR count). The van der Waals surface area contributed by atoms with E-state index in [1.807, 2.05) is 0 Å². The molecule has 29 heavy (non-hydrogen) atoms. The van der Waals surface area contributed by atoms with Gasteiger partial charge in [-0.2, -0.15) is 0 Å². The van der Waals surface area contributed by atoms with Crippen molar-refractivity contribution in [3.63, 3.8) is 0 Å². The van der Waals surface area contributed by atoms with Crippen molar-refractivity contribution in [3.8, 4) is 0 Å². The first-order valence-corrected chi connectivity index (χ1v) is 11.7. The molecule has 4 aliphatic carbocycles. The molecule has 0 saturated heterocycles. The van der Waals surface area contributed by atoms with E-state index in [1.165, 1.54) is 39.0 Å². The number of rotatable bonds is 5. The lowest BCUT2D eigenvalue weighted by atomic mass is 9.47. The number of fused-ring (bicyclic) bond motifs is 5. The van der Waals surface area contributed by atoms with Gasteiger partial charge in [-0.3, -0.25) is 9.59 Å². The van der Waals surface area contributed by atoms with E-state index in [0.29, 0.717) is 53.5 Å². The molecule has 0 unspecified atom stereocenters. The molecule has 0 aromatic carbocycles. The molecule has 0 amide bonds. The second-order valence-corrected chi connectivity index (χ2v) is 10.9. The van der Waals surface area contributed by atoms with Gasteiger partial charge in [-0.1, -0.05) is 32.4 Å². The monoisotopic (exact) mass is 402 g/mol. The number of hydrogen-bond acceptors (Lipinski definition) is 4. The van der Waals surface area contributed by atoms with Gasteiger partial charge in [0.1, 0.15) is 6.10 Å². The molecule has 0 heterocycles. The highest BCUT2D eigenvalue weighted by Gasteiger charge is 2.58. The minimum Gasteiger partial charge on any atom is -0.468 e. The number of carbonyl (C=O) groups excluding carboxylic acids is 2. The first-order chi connectivity index (χ1) is 13.8. The van der Waals surface area contributed by atoms with Gasteiger partial charge in [0.05, 0.1) is 6.61 Å². The van der Waals surface area contributed by atoms with E-state index in [2.05, 4.69) is 26.8 Å². The molecule has 4 heteroatoms. The van der Waals surface area contributed by atoms with Crippen molar-refractivity contribution in [2.45, 2.75) is 85.2 Å². The minimum atomic E-state index is -0.135. The normalized spacial score (nSPS) is 44.6. The Labute approximate surface area is 175 Å². The van der Waals surface area contributed by atoms with Crippen molar-refractivity contribution < 1.29 is 19.1 Å².